The molecule has 3 unspecified atom stereocenters. The number of benzene rings is 2. The monoisotopic (exact) mass is 734 g/mol. The SMILES string of the molecule is C/C=C(/C)CC(/C=N\c1cc(OCCCCCOc2cc(N(C)C(O)C(C/C(C)=C\C)C(C)C)c(C(C)=O)cc2OC)c(OC)cc1C(C)=O)CCC. The van der Waals surface area contributed by atoms with E-state index in [0.29, 0.717) is 58.7 Å². The van der Waals surface area contributed by atoms with E-state index in [2.05, 4.69) is 46.8 Å². The van der Waals surface area contributed by atoms with E-state index in [-0.39, 0.29) is 29.3 Å². The van der Waals surface area contributed by atoms with Crippen LogP contribution in [-0.2, 0) is 0 Å². The van der Waals surface area contributed by atoms with E-state index in [4.69, 9.17) is 23.9 Å². The van der Waals surface area contributed by atoms with Crippen molar-refractivity contribution in [3.63, 3.8) is 0 Å². The number of nitrogens with zero attached hydrogens (tertiary/aromatic N) is 2. The lowest BCUT2D eigenvalue weighted by Crippen LogP contribution is -2.41. The molecular weight excluding hydrogens is 668 g/mol. The summed E-state index contributed by atoms with van der Waals surface area (Å²) in [5.74, 6) is 2.28. The summed E-state index contributed by atoms with van der Waals surface area (Å²) in [5, 5.41) is 11.5. The van der Waals surface area contributed by atoms with E-state index in [1.807, 2.05) is 27.1 Å². The first-order valence-corrected chi connectivity index (χ1v) is 19.1. The Morgan fingerprint density at radius 1 is 0.792 bits per heavy atom. The zero-order valence-corrected chi connectivity index (χ0v) is 34.5. The van der Waals surface area contributed by atoms with Gasteiger partial charge in [-0.15, -0.1) is 0 Å². The molecule has 2 aromatic rings. The fourth-order valence-corrected chi connectivity index (χ4v) is 6.27. The highest BCUT2D eigenvalue weighted by Crippen LogP contribution is 2.39. The maximum Gasteiger partial charge on any atom is 0.163 e. The Morgan fingerprint density at radius 3 is 1.81 bits per heavy atom. The van der Waals surface area contributed by atoms with Crippen LogP contribution in [0.2, 0.25) is 0 Å². The number of Topliss-reactive ketones (excluding diaryl/α,β-unsaturated/α-hetero) is 2. The van der Waals surface area contributed by atoms with Crippen LogP contribution in [0.1, 0.15) is 128 Å². The van der Waals surface area contributed by atoms with E-state index in [9.17, 15) is 14.7 Å². The van der Waals surface area contributed by atoms with Crippen molar-refractivity contribution < 1.29 is 33.6 Å². The molecule has 53 heavy (non-hydrogen) atoms. The van der Waals surface area contributed by atoms with Crippen LogP contribution in [0.15, 0.2) is 52.6 Å². The summed E-state index contributed by atoms with van der Waals surface area (Å²) in [6.07, 6.45) is 11.5. The molecule has 0 aliphatic rings. The third kappa shape index (κ3) is 13.7. The minimum Gasteiger partial charge on any atom is -0.493 e. The van der Waals surface area contributed by atoms with E-state index in [1.54, 1.807) is 43.4 Å². The Kier molecular flexibility index (Phi) is 19.4. The molecule has 9 nitrogen and oxygen atoms in total. The first-order valence-electron chi connectivity index (χ1n) is 19.1. The van der Waals surface area contributed by atoms with Crippen molar-refractivity contribution in [2.45, 2.75) is 113 Å². The lowest BCUT2D eigenvalue weighted by atomic mass is 9.87. The molecule has 0 bridgehead atoms. The maximum absolute atomic E-state index is 12.7. The van der Waals surface area contributed by atoms with Crippen LogP contribution >= 0.6 is 0 Å². The number of aliphatic imine (C=N–C) groups is 1. The summed E-state index contributed by atoms with van der Waals surface area (Å²) in [7, 11) is 4.94. The third-order valence-electron chi connectivity index (χ3n) is 9.85. The Balaban J connectivity index is 2.14. The molecule has 9 heteroatoms. The summed E-state index contributed by atoms with van der Waals surface area (Å²) in [5.41, 5.74) is 4.66. The van der Waals surface area contributed by atoms with Crippen molar-refractivity contribution in [3.05, 3.63) is 58.7 Å². The summed E-state index contributed by atoms with van der Waals surface area (Å²) in [6.45, 7) is 18.6. The topological polar surface area (TPSA) is 107 Å². The largest absolute Gasteiger partial charge is 0.493 e. The summed E-state index contributed by atoms with van der Waals surface area (Å²) in [6, 6.07) is 7.01. The Morgan fingerprint density at radius 2 is 1.32 bits per heavy atom. The number of allylic oxidation sites excluding steroid dienone is 4. The zero-order chi connectivity index (χ0) is 39.7. The predicted octanol–water partition coefficient (Wildman–Crippen LogP) is 10.6. The smallest absolute Gasteiger partial charge is 0.163 e. The summed E-state index contributed by atoms with van der Waals surface area (Å²) in [4.78, 5) is 31.8. The standard InChI is InChI=1S/C44H66N2O7/c1-13-19-34(22-30(6)14-2)28-45-38-26-42(40(50-11)24-36(38)32(8)47)52-20-17-16-18-21-53-43-27-39(37(33(9)48)25-41(43)51-12)46(10)44(49)35(29(4)5)23-31(7)15-3/h14-15,24-29,34-35,44,49H,13,16-23H2,1-12H3/b30-14-,31-15-,45-28-. The lowest BCUT2D eigenvalue weighted by Gasteiger charge is -2.35. The number of anilines is 1. The highest BCUT2D eigenvalue weighted by Gasteiger charge is 2.29. The van der Waals surface area contributed by atoms with Gasteiger partial charge in [0.2, 0.25) is 0 Å². The van der Waals surface area contributed by atoms with Crippen molar-refractivity contribution in [3.8, 4) is 23.0 Å². The Bertz CT molecular complexity index is 1580. The number of ketones is 2. The first kappa shape index (κ1) is 45.0. The second-order valence-corrected chi connectivity index (χ2v) is 14.3. The van der Waals surface area contributed by atoms with Gasteiger partial charge in [0.05, 0.1) is 38.8 Å². The van der Waals surface area contributed by atoms with Crippen molar-refractivity contribution in [2.75, 3.05) is 39.4 Å². The number of hydrogen-bond donors (Lipinski definition) is 1. The summed E-state index contributed by atoms with van der Waals surface area (Å²) >= 11 is 0. The Hall–Kier alpha value is -4.11. The second kappa shape index (κ2) is 22.8. The summed E-state index contributed by atoms with van der Waals surface area (Å²) < 4.78 is 23.6. The number of methoxy groups -OCH3 is 2. The number of carbonyl (C=O) groups excluding carboxylic acids is 2. The molecule has 0 aliphatic carbocycles. The van der Waals surface area contributed by atoms with Crippen LogP contribution in [0, 0.1) is 17.8 Å². The molecule has 3 atom stereocenters. The van der Waals surface area contributed by atoms with Gasteiger partial charge in [-0.05, 0) is 104 Å². The van der Waals surface area contributed by atoms with Crippen LogP contribution in [0.4, 0.5) is 11.4 Å². The third-order valence-corrected chi connectivity index (χ3v) is 9.85. The van der Waals surface area contributed by atoms with Gasteiger partial charge >= 0.3 is 0 Å². The van der Waals surface area contributed by atoms with E-state index in [0.717, 1.165) is 44.9 Å². The van der Waals surface area contributed by atoms with Crippen LogP contribution in [0.25, 0.3) is 0 Å². The normalized spacial score (nSPS) is 13.9. The average molecular weight is 735 g/mol. The number of aliphatic hydroxyl groups excluding tert-OH is 1. The minimum absolute atomic E-state index is 0.0354. The first-order chi connectivity index (χ1) is 25.2. The molecule has 0 saturated heterocycles. The van der Waals surface area contributed by atoms with E-state index >= 15 is 0 Å². The molecule has 0 aromatic heterocycles. The number of rotatable bonds is 24. The van der Waals surface area contributed by atoms with Crippen molar-refractivity contribution in [1.82, 2.24) is 0 Å². The van der Waals surface area contributed by atoms with Crippen molar-refractivity contribution in [1.29, 1.82) is 0 Å². The van der Waals surface area contributed by atoms with Gasteiger partial charge in [0.25, 0.3) is 0 Å². The fraction of sp³-hybridized carbons (Fsp3) is 0.568. The molecule has 0 saturated carbocycles. The quantitative estimate of drug-likeness (QED) is 0.0373. The second-order valence-electron chi connectivity index (χ2n) is 14.3. The van der Waals surface area contributed by atoms with Crippen LogP contribution < -0.4 is 23.8 Å². The molecule has 0 amide bonds. The molecular formula is C44H66N2O7. The minimum atomic E-state index is -0.810. The molecule has 0 heterocycles. The molecule has 2 rings (SSSR count). The maximum atomic E-state index is 12.7. The molecule has 0 fully saturated rings. The number of aliphatic hydroxyl groups is 1. The van der Waals surface area contributed by atoms with Gasteiger partial charge in [-0.1, -0.05) is 50.5 Å². The van der Waals surface area contributed by atoms with Gasteiger partial charge in [0.15, 0.2) is 34.6 Å². The van der Waals surface area contributed by atoms with Gasteiger partial charge < -0.3 is 29.0 Å². The van der Waals surface area contributed by atoms with Gasteiger partial charge in [-0.25, -0.2) is 0 Å². The lowest BCUT2D eigenvalue weighted by molar-refractivity contribution is 0.0816. The molecule has 2 aromatic carbocycles. The van der Waals surface area contributed by atoms with Crippen molar-refractivity contribution >= 4 is 29.2 Å². The molecule has 0 spiro atoms. The van der Waals surface area contributed by atoms with Gasteiger partial charge in [-0.2, -0.15) is 0 Å². The van der Waals surface area contributed by atoms with E-state index in [1.165, 1.54) is 25.0 Å². The number of carbonyl (C=O) groups is 2. The van der Waals surface area contributed by atoms with Crippen LogP contribution in [0.3, 0.4) is 0 Å². The van der Waals surface area contributed by atoms with Gasteiger partial charge in [0.1, 0.15) is 6.23 Å². The van der Waals surface area contributed by atoms with E-state index < -0.39 is 6.23 Å². The van der Waals surface area contributed by atoms with Crippen LogP contribution in [-0.4, -0.2) is 63.6 Å². The molecule has 0 radical (unpaired) electrons. The average Bonchev–Trinajstić information content (AvgIpc) is 3.13. The molecule has 1 N–H and O–H groups in total. The highest BCUT2D eigenvalue weighted by atomic mass is 16.5. The highest BCUT2D eigenvalue weighted by molar-refractivity contribution is 6.01. The zero-order valence-electron chi connectivity index (χ0n) is 34.5. The van der Waals surface area contributed by atoms with Gasteiger partial charge in [-0.3, -0.25) is 14.6 Å². The number of ether oxygens (including phenoxy) is 4. The van der Waals surface area contributed by atoms with Gasteiger partial charge in [0, 0.05) is 42.4 Å². The fourth-order valence-electron chi connectivity index (χ4n) is 6.27. The molecule has 294 valence electrons. The molecule has 0 aliphatic heterocycles. The van der Waals surface area contributed by atoms with Crippen molar-refractivity contribution in [2.24, 2.45) is 22.7 Å². The predicted molar refractivity (Wildman–Crippen MR) is 218 cm³/mol. The Labute approximate surface area is 319 Å². The number of hydrogen-bond acceptors (Lipinski definition) is 9. The number of unbranched alkanes of at least 4 members (excludes halogenated alkanes) is 2. The van der Waals surface area contributed by atoms with Crippen LogP contribution in [0.5, 0.6) is 23.0 Å².